The molecule has 0 fully saturated rings. The Morgan fingerprint density at radius 1 is 1.54 bits per heavy atom. The molecule has 13 heavy (non-hydrogen) atoms. The number of thiophene rings is 1. The Kier molecular flexibility index (Phi) is 3.90. The van der Waals surface area contributed by atoms with E-state index >= 15 is 0 Å². The van der Waals surface area contributed by atoms with Crippen LogP contribution in [0.4, 0.5) is 0 Å². The molecule has 3 heteroatoms. The van der Waals surface area contributed by atoms with E-state index in [1.807, 2.05) is 12.3 Å². The second-order valence-corrected chi connectivity index (χ2v) is 4.10. The molecule has 3 N–H and O–H groups in total. The molecule has 0 aromatic carbocycles. The van der Waals surface area contributed by atoms with Crippen LogP contribution in [0.2, 0.25) is 0 Å². The van der Waals surface area contributed by atoms with Crippen molar-refractivity contribution in [2.45, 2.75) is 26.4 Å². The molecule has 1 aromatic heterocycles. The van der Waals surface area contributed by atoms with Gasteiger partial charge < -0.3 is 10.8 Å². The first-order valence-electron chi connectivity index (χ1n) is 4.61. The highest BCUT2D eigenvalue weighted by molar-refractivity contribution is 7.08. The maximum Gasteiger partial charge on any atom is 0.0840 e. The molecule has 0 radical (unpaired) electrons. The summed E-state index contributed by atoms with van der Waals surface area (Å²) in [6, 6.07) is 0. The molecule has 2 nitrogen and oxygen atoms in total. The Morgan fingerprint density at radius 3 is 2.62 bits per heavy atom. The number of hydrogen-bond donors (Lipinski definition) is 2. The van der Waals surface area contributed by atoms with Crippen molar-refractivity contribution in [3.05, 3.63) is 21.9 Å². The number of rotatable bonds is 4. The third-order valence-electron chi connectivity index (χ3n) is 2.49. The minimum absolute atomic E-state index is 0.188. The highest BCUT2D eigenvalue weighted by Crippen LogP contribution is 2.28. The molecule has 1 heterocycles. The number of hydrogen-bond acceptors (Lipinski definition) is 3. The maximum absolute atomic E-state index is 9.98. The van der Waals surface area contributed by atoms with Gasteiger partial charge in [0.2, 0.25) is 0 Å². The van der Waals surface area contributed by atoms with Gasteiger partial charge in [0.1, 0.15) is 0 Å². The third-order valence-corrected chi connectivity index (χ3v) is 3.37. The van der Waals surface area contributed by atoms with Crippen molar-refractivity contribution in [1.29, 1.82) is 0 Å². The van der Waals surface area contributed by atoms with Crippen LogP contribution >= 0.6 is 11.3 Å². The van der Waals surface area contributed by atoms with E-state index in [4.69, 9.17) is 5.73 Å². The molecule has 0 amide bonds. The predicted molar refractivity (Wildman–Crippen MR) is 56.9 cm³/mol. The molecular formula is C10H17NOS. The zero-order chi connectivity index (χ0) is 9.84. The third kappa shape index (κ3) is 2.30. The normalized spacial score (nSPS) is 15.7. The summed E-state index contributed by atoms with van der Waals surface area (Å²) in [7, 11) is 0. The second-order valence-electron chi connectivity index (χ2n) is 3.36. The van der Waals surface area contributed by atoms with Gasteiger partial charge in [0.25, 0.3) is 0 Å². The summed E-state index contributed by atoms with van der Waals surface area (Å²) >= 11 is 1.63. The Balaban J connectivity index is 2.77. The van der Waals surface area contributed by atoms with E-state index in [1.54, 1.807) is 11.3 Å². The van der Waals surface area contributed by atoms with Gasteiger partial charge >= 0.3 is 0 Å². The van der Waals surface area contributed by atoms with E-state index in [9.17, 15) is 5.11 Å². The molecule has 0 aliphatic carbocycles. The van der Waals surface area contributed by atoms with Gasteiger partial charge in [-0.2, -0.15) is 11.3 Å². The second kappa shape index (κ2) is 4.74. The monoisotopic (exact) mass is 199 g/mol. The van der Waals surface area contributed by atoms with Gasteiger partial charge in [-0.25, -0.2) is 0 Å². The minimum Gasteiger partial charge on any atom is -0.388 e. The van der Waals surface area contributed by atoms with E-state index in [1.165, 1.54) is 5.56 Å². The van der Waals surface area contributed by atoms with Gasteiger partial charge in [-0.1, -0.05) is 6.92 Å². The molecule has 74 valence electrons. The topological polar surface area (TPSA) is 46.2 Å². The lowest BCUT2D eigenvalue weighted by Gasteiger charge is -2.19. The Hall–Kier alpha value is -0.380. The Morgan fingerprint density at radius 2 is 2.23 bits per heavy atom. The summed E-state index contributed by atoms with van der Waals surface area (Å²) in [5, 5.41) is 14.0. The van der Waals surface area contributed by atoms with Gasteiger partial charge in [0.15, 0.2) is 0 Å². The molecule has 2 unspecified atom stereocenters. The fraction of sp³-hybridized carbons (Fsp3) is 0.600. The van der Waals surface area contributed by atoms with Crippen LogP contribution in [0, 0.1) is 12.8 Å². The van der Waals surface area contributed by atoms with Crippen LogP contribution in [0.3, 0.4) is 0 Å². The van der Waals surface area contributed by atoms with Crippen LogP contribution in [0.1, 0.15) is 30.6 Å². The van der Waals surface area contributed by atoms with E-state index in [2.05, 4.69) is 12.3 Å². The maximum atomic E-state index is 9.98. The van der Waals surface area contributed by atoms with Gasteiger partial charge in [-0.15, -0.1) is 0 Å². The summed E-state index contributed by atoms with van der Waals surface area (Å²) in [4.78, 5) is 0. The van der Waals surface area contributed by atoms with Gasteiger partial charge in [0.05, 0.1) is 6.10 Å². The molecule has 0 aliphatic rings. The minimum atomic E-state index is -0.388. The Bertz CT molecular complexity index is 255. The van der Waals surface area contributed by atoms with E-state index in [0.717, 1.165) is 12.0 Å². The summed E-state index contributed by atoms with van der Waals surface area (Å²) in [6.45, 7) is 4.63. The van der Waals surface area contributed by atoms with Gasteiger partial charge in [0, 0.05) is 5.92 Å². The summed E-state index contributed by atoms with van der Waals surface area (Å²) in [5.41, 5.74) is 7.80. The van der Waals surface area contributed by atoms with E-state index in [0.29, 0.717) is 6.54 Å². The molecule has 0 saturated heterocycles. The molecule has 0 spiro atoms. The quantitative estimate of drug-likeness (QED) is 0.780. The van der Waals surface area contributed by atoms with Crippen LogP contribution in [-0.2, 0) is 0 Å². The molecule has 1 aromatic rings. The highest BCUT2D eigenvalue weighted by Gasteiger charge is 2.19. The molecule has 0 saturated carbocycles. The summed E-state index contributed by atoms with van der Waals surface area (Å²) in [5.74, 6) is 0.188. The van der Waals surface area contributed by atoms with Gasteiger partial charge in [-0.05, 0) is 41.8 Å². The lowest BCUT2D eigenvalue weighted by Crippen LogP contribution is -2.21. The van der Waals surface area contributed by atoms with E-state index in [-0.39, 0.29) is 12.0 Å². The number of nitrogens with two attached hydrogens (primary N) is 1. The molecule has 1 rings (SSSR count). The first-order valence-corrected chi connectivity index (χ1v) is 5.55. The van der Waals surface area contributed by atoms with Crippen LogP contribution in [0.15, 0.2) is 10.8 Å². The average molecular weight is 199 g/mol. The van der Waals surface area contributed by atoms with Crippen molar-refractivity contribution in [1.82, 2.24) is 0 Å². The van der Waals surface area contributed by atoms with E-state index < -0.39 is 0 Å². The predicted octanol–water partition coefficient (Wildman–Crippen LogP) is 2.07. The smallest absolute Gasteiger partial charge is 0.0840 e. The number of aliphatic hydroxyl groups is 1. The Labute approximate surface area is 83.4 Å². The first kappa shape index (κ1) is 10.7. The average Bonchev–Trinajstić information content (AvgIpc) is 2.53. The zero-order valence-corrected chi connectivity index (χ0v) is 8.97. The molecule has 0 bridgehead atoms. The lowest BCUT2D eigenvalue weighted by molar-refractivity contribution is 0.110. The zero-order valence-electron chi connectivity index (χ0n) is 8.16. The van der Waals surface area contributed by atoms with Crippen LogP contribution in [-0.4, -0.2) is 11.7 Å². The van der Waals surface area contributed by atoms with Crippen molar-refractivity contribution in [2.24, 2.45) is 11.7 Å². The SMILES string of the molecule is CCC(CN)C(O)c1cscc1C. The van der Waals surface area contributed by atoms with Crippen molar-refractivity contribution in [3.63, 3.8) is 0 Å². The highest BCUT2D eigenvalue weighted by atomic mass is 32.1. The van der Waals surface area contributed by atoms with Crippen molar-refractivity contribution in [2.75, 3.05) is 6.54 Å². The van der Waals surface area contributed by atoms with Crippen molar-refractivity contribution >= 4 is 11.3 Å². The molecule has 2 atom stereocenters. The van der Waals surface area contributed by atoms with Crippen LogP contribution in [0.25, 0.3) is 0 Å². The fourth-order valence-electron chi connectivity index (χ4n) is 1.45. The largest absolute Gasteiger partial charge is 0.388 e. The van der Waals surface area contributed by atoms with Crippen LogP contribution in [0.5, 0.6) is 0 Å². The first-order chi connectivity index (χ1) is 6.20. The van der Waals surface area contributed by atoms with Crippen molar-refractivity contribution < 1.29 is 5.11 Å². The molecule has 0 aliphatic heterocycles. The molecular weight excluding hydrogens is 182 g/mol. The number of aliphatic hydroxyl groups excluding tert-OH is 1. The number of aryl methyl sites for hydroxylation is 1. The fourth-order valence-corrected chi connectivity index (χ4v) is 2.33. The van der Waals surface area contributed by atoms with Crippen molar-refractivity contribution in [3.8, 4) is 0 Å². The lowest BCUT2D eigenvalue weighted by atomic mass is 9.93. The standard InChI is InChI=1S/C10H17NOS/c1-3-8(4-11)10(12)9-6-13-5-7(9)2/h5-6,8,10,12H,3-4,11H2,1-2H3. The summed E-state index contributed by atoms with van der Waals surface area (Å²) in [6.07, 6.45) is 0.536. The van der Waals surface area contributed by atoms with Crippen LogP contribution < -0.4 is 5.73 Å². The van der Waals surface area contributed by atoms with Gasteiger partial charge in [-0.3, -0.25) is 0 Å². The summed E-state index contributed by atoms with van der Waals surface area (Å²) < 4.78 is 0.